The molecule has 1 fully saturated rings. The number of carbonyl (C=O) groups excluding carboxylic acids is 2. The fourth-order valence-corrected chi connectivity index (χ4v) is 3.12. The van der Waals surface area contributed by atoms with E-state index in [9.17, 15) is 18.0 Å². The van der Waals surface area contributed by atoms with Gasteiger partial charge in [0.05, 0.1) is 17.5 Å². The Balaban J connectivity index is 0.00000312. The predicted octanol–water partition coefficient (Wildman–Crippen LogP) is 0.920. The summed E-state index contributed by atoms with van der Waals surface area (Å²) in [5.74, 6) is -0.663. The van der Waals surface area contributed by atoms with Gasteiger partial charge in [0.25, 0.3) is 5.91 Å². The van der Waals surface area contributed by atoms with Crippen LogP contribution in [0, 0.1) is 0 Å². The second-order valence-electron chi connectivity index (χ2n) is 5.83. The number of sulfonamides is 1. The van der Waals surface area contributed by atoms with Crippen LogP contribution < -0.4 is 20.7 Å². The Morgan fingerprint density at radius 3 is 2.56 bits per heavy atom. The van der Waals surface area contributed by atoms with Crippen LogP contribution in [0.2, 0.25) is 0 Å². The van der Waals surface area contributed by atoms with Crippen molar-refractivity contribution in [3.8, 4) is 0 Å². The van der Waals surface area contributed by atoms with Crippen LogP contribution in [0.3, 0.4) is 0 Å². The summed E-state index contributed by atoms with van der Waals surface area (Å²) in [6.45, 7) is 2.95. The maximum Gasteiger partial charge on any atom is 0.253 e. The van der Waals surface area contributed by atoms with Gasteiger partial charge in [-0.25, -0.2) is 8.42 Å². The third kappa shape index (κ3) is 6.89. The average Bonchev–Trinajstić information content (AvgIpc) is 2.48. The van der Waals surface area contributed by atoms with Crippen molar-refractivity contribution in [3.05, 3.63) is 23.8 Å². The number of rotatable bonds is 5. The molecule has 1 atom stereocenters. The molecule has 8 nitrogen and oxygen atoms in total. The lowest BCUT2D eigenvalue weighted by Gasteiger charge is -2.24. The van der Waals surface area contributed by atoms with Crippen molar-refractivity contribution in [2.75, 3.05) is 29.4 Å². The molecule has 1 aliphatic rings. The molecule has 2 rings (SSSR count). The van der Waals surface area contributed by atoms with Crippen LogP contribution in [0.4, 0.5) is 11.4 Å². The Morgan fingerprint density at radius 1 is 1.28 bits per heavy atom. The van der Waals surface area contributed by atoms with Crippen LogP contribution in [-0.2, 0) is 14.8 Å². The second-order valence-corrected chi connectivity index (χ2v) is 7.58. The Labute approximate surface area is 153 Å². The molecule has 1 aromatic rings. The Morgan fingerprint density at radius 2 is 2.00 bits per heavy atom. The molecule has 1 saturated heterocycles. The van der Waals surface area contributed by atoms with E-state index in [4.69, 9.17) is 0 Å². The van der Waals surface area contributed by atoms with Gasteiger partial charge < -0.3 is 16.0 Å². The standard InChI is InChI=1S/C15H22N4O4S.ClH/c1-10(20)17-11-5-6-14(19-24(2,22)23)13(8-11)15(21)18-12-4-3-7-16-9-12;/h5-6,8,12,16,19H,3-4,7,9H2,1-2H3,(H,17,20)(H,18,21);1H/t12-;/m0./s1. The summed E-state index contributed by atoms with van der Waals surface area (Å²) in [7, 11) is -3.53. The van der Waals surface area contributed by atoms with Crippen molar-refractivity contribution in [2.24, 2.45) is 0 Å². The lowest BCUT2D eigenvalue weighted by molar-refractivity contribution is -0.114. The molecule has 10 heteroatoms. The van der Waals surface area contributed by atoms with Crippen LogP contribution >= 0.6 is 12.4 Å². The highest BCUT2D eigenvalue weighted by atomic mass is 35.5. The van der Waals surface area contributed by atoms with Crippen molar-refractivity contribution in [3.63, 3.8) is 0 Å². The fraction of sp³-hybridized carbons (Fsp3) is 0.467. The summed E-state index contributed by atoms with van der Waals surface area (Å²) >= 11 is 0. The van der Waals surface area contributed by atoms with Crippen LogP contribution in [0.15, 0.2) is 18.2 Å². The fourth-order valence-electron chi connectivity index (χ4n) is 2.54. The normalized spacial score (nSPS) is 17.1. The smallest absolute Gasteiger partial charge is 0.253 e. The summed E-state index contributed by atoms with van der Waals surface area (Å²) in [5, 5.41) is 8.68. The molecule has 0 aliphatic carbocycles. The van der Waals surface area contributed by atoms with E-state index in [2.05, 4.69) is 20.7 Å². The quantitative estimate of drug-likeness (QED) is 0.596. The number of piperidine rings is 1. The van der Waals surface area contributed by atoms with Crippen molar-refractivity contribution in [1.82, 2.24) is 10.6 Å². The molecule has 25 heavy (non-hydrogen) atoms. The summed E-state index contributed by atoms with van der Waals surface area (Å²) in [6.07, 6.45) is 2.84. The van der Waals surface area contributed by atoms with Crippen LogP contribution in [0.1, 0.15) is 30.1 Å². The second kappa shape index (κ2) is 9.02. The van der Waals surface area contributed by atoms with Crippen LogP contribution in [-0.4, -0.2) is 45.6 Å². The third-order valence-corrected chi connectivity index (χ3v) is 4.10. The number of halogens is 1. The molecular weight excluding hydrogens is 368 g/mol. The number of hydrogen-bond donors (Lipinski definition) is 4. The van der Waals surface area contributed by atoms with Gasteiger partial charge in [0.15, 0.2) is 0 Å². The molecule has 1 aliphatic heterocycles. The molecule has 0 unspecified atom stereocenters. The van der Waals surface area contributed by atoms with Gasteiger partial charge >= 0.3 is 0 Å². The van der Waals surface area contributed by atoms with E-state index >= 15 is 0 Å². The molecule has 0 aromatic heterocycles. The van der Waals surface area contributed by atoms with Gasteiger partial charge in [-0.05, 0) is 37.6 Å². The van der Waals surface area contributed by atoms with Gasteiger partial charge in [0, 0.05) is 25.2 Å². The number of carbonyl (C=O) groups is 2. The first-order valence-electron chi connectivity index (χ1n) is 7.65. The topological polar surface area (TPSA) is 116 Å². The van der Waals surface area contributed by atoms with Gasteiger partial charge in [-0.2, -0.15) is 0 Å². The van der Waals surface area contributed by atoms with Crippen molar-refractivity contribution in [2.45, 2.75) is 25.8 Å². The van der Waals surface area contributed by atoms with E-state index in [1.54, 1.807) is 0 Å². The first-order valence-corrected chi connectivity index (χ1v) is 9.55. The number of amides is 2. The van der Waals surface area contributed by atoms with Gasteiger partial charge in [0.1, 0.15) is 0 Å². The molecule has 140 valence electrons. The number of anilines is 2. The summed E-state index contributed by atoms with van der Waals surface area (Å²) in [6, 6.07) is 4.44. The Bertz CT molecular complexity index is 733. The van der Waals surface area contributed by atoms with E-state index in [0.717, 1.165) is 25.6 Å². The average molecular weight is 391 g/mol. The van der Waals surface area contributed by atoms with Crippen LogP contribution in [0.5, 0.6) is 0 Å². The molecule has 0 bridgehead atoms. The number of nitrogens with one attached hydrogen (secondary N) is 4. The molecule has 1 aromatic carbocycles. The molecule has 0 saturated carbocycles. The van der Waals surface area contributed by atoms with E-state index in [0.29, 0.717) is 12.2 Å². The zero-order chi connectivity index (χ0) is 17.7. The molecule has 0 spiro atoms. The molecule has 4 N–H and O–H groups in total. The van der Waals surface area contributed by atoms with Crippen LogP contribution in [0.25, 0.3) is 0 Å². The van der Waals surface area contributed by atoms with Crippen molar-refractivity contribution < 1.29 is 18.0 Å². The van der Waals surface area contributed by atoms with Gasteiger partial charge in [-0.15, -0.1) is 12.4 Å². The highest BCUT2D eigenvalue weighted by molar-refractivity contribution is 7.92. The summed E-state index contributed by atoms with van der Waals surface area (Å²) in [4.78, 5) is 23.8. The van der Waals surface area contributed by atoms with Gasteiger partial charge in [0.2, 0.25) is 15.9 Å². The lowest BCUT2D eigenvalue weighted by atomic mass is 10.1. The molecule has 1 heterocycles. The zero-order valence-corrected chi connectivity index (χ0v) is 15.7. The van der Waals surface area contributed by atoms with E-state index in [-0.39, 0.29) is 41.5 Å². The van der Waals surface area contributed by atoms with E-state index in [1.165, 1.54) is 25.1 Å². The SMILES string of the molecule is CC(=O)Nc1ccc(NS(C)(=O)=O)c(C(=O)N[C@H]2CCCNC2)c1.Cl. The minimum absolute atomic E-state index is 0. The molecular formula is C15H23ClN4O4S. The summed E-state index contributed by atoms with van der Waals surface area (Å²) in [5.41, 5.74) is 0.763. The lowest BCUT2D eigenvalue weighted by Crippen LogP contribution is -2.45. The zero-order valence-electron chi connectivity index (χ0n) is 14.1. The number of benzene rings is 1. The maximum atomic E-state index is 12.6. The molecule has 2 amide bonds. The minimum atomic E-state index is -3.53. The first-order chi connectivity index (χ1) is 11.2. The first kappa shape index (κ1) is 21.2. The van der Waals surface area contributed by atoms with E-state index in [1.807, 2.05) is 0 Å². The Hall–Kier alpha value is -1.84. The third-order valence-electron chi connectivity index (χ3n) is 3.51. The molecule has 0 radical (unpaired) electrons. The van der Waals surface area contributed by atoms with Crippen molar-refractivity contribution in [1.29, 1.82) is 0 Å². The highest BCUT2D eigenvalue weighted by Crippen LogP contribution is 2.22. The largest absolute Gasteiger partial charge is 0.348 e. The van der Waals surface area contributed by atoms with Gasteiger partial charge in [-0.3, -0.25) is 14.3 Å². The van der Waals surface area contributed by atoms with E-state index < -0.39 is 10.0 Å². The minimum Gasteiger partial charge on any atom is -0.348 e. The van der Waals surface area contributed by atoms with Crippen molar-refractivity contribution >= 4 is 45.6 Å². The highest BCUT2D eigenvalue weighted by Gasteiger charge is 2.20. The summed E-state index contributed by atoms with van der Waals surface area (Å²) < 4.78 is 25.3. The predicted molar refractivity (Wildman–Crippen MR) is 99.8 cm³/mol. The maximum absolute atomic E-state index is 12.6. The number of hydrogen-bond acceptors (Lipinski definition) is 5. The monoisotopic (exact) mass is 390 g/mol. The Kier molecular flexibility index (Phi) is 7.65. The van der Waals surface area contributed by atoms with Gasteiger partial charge in [-0.1, -0.05) is 0 Å².